The normalized spacial score (nSPS) is 11.6. The van der Waals surface area contributed by atoms with Crippen LogP contribution in [0.1, 0.15) is 26.2 Å². The van der Waals surface area contributed by atoms with E-state index in [1.807, 2.05) is 6.92 Å². The number of rotatable bonds is 10. The SMILES string of the molecule is C=CCCOCCNC(=O)N[C@H](CCC)C(=O)O. The van der Waals surface area contributed by atoms with Gasteiger partial charge in [0.15, 0.2) is 0 Å². The maximum atomic E-state index is 11.4. The highest BCUT2D eigenvalue weighted by Crippen LogP contribution is 1.96. The molecule has 0 rings (SSSR count). The summed E-state index contributed by atoms with van der Waals surface area (Å²) in [5, 5.41) is 13.8. The molecule has 3 N–H and O–H groups in total. The molecule has 0 saturated carbocycles. The molecule has 0 heterocycles. The lowest BCUT2D eigenvalue weighted by atomic mass is 10.2. The molecule has 1 atom stereocenters. The maximum Gasteiger partial charge on any atom is 0.326 e. The summed E-state index contributed by atoms with van der Waals surface area (Å²) in [6.45, 7) is 6.74. The molecule has 104 valence electrons. The Balaban J connectivity index is 3.68. The van der Waals surface area contributed by atoms with Crippen LogP contribution in [0.2, 0.25) is 0 Å². The molecule has 0 aromatic rings. The topological polar surface area (TPSA) is 87.7 Å². The average Bonchev–Trinajstić information content (AvgIpc) is 2.33. The summed E-state index contributed by atoms with van der Waals surface area (Å²) in [6, 6.07) is -1.32. The molecule has 0 aliphatic carbocycles. The van der Waals surface area contributed by atoms with Crippen LogP contribution in [0.3, 0.4) is 0 Å². The number of hydrogen-bond donors (Lipinski definition) is 3. The van der Waals surface area contributed by atoms with E-state index < -0.39 is 18.0 Å². The molecule has 0 spiro atoms. The highest BCUT2D eigenvalue weighted by Gasteiger charge is 2.18. The molecule has 0 aromatic carbocycles. The highest BCUT2D eigenvalue weighted by atomic mass is 16.5. The first-order valence-corrected chi connectivity index (χ1v) is 6.07. The van der Waals surface area contributed by atoms with Gasteiger partial charge in [0, 0.05) is 6.54 Å². The van der Waals surface area contributed by atoms with E-state index in [0.29, 0.717) is 32.6 Å². The second-order valence-corrected chi connectivity index (χ2v) is 3.77. The number of hydrogen-bond acceptors (Lipinski definition) is 3. The van der Waals surface area contributed by atoms with E-state index in [4.69, 9.17) is 9.84 Å². The molecule has 0 aliphatic heterocycles. The number of urea groups is 1. The van der Waals surface area contributed by atoms with E-state index in [1.54, 1.807) is 6.08 Å². The highest BCUT2D eigenvalue weighted by molar-refractivity contribution is 5.82. The van der Waals surface area contributed by atoms with Crippen molar-refractivity contribution in [1.82, 2.24) is 10.6 Å². The van der Waals surface area contributed by atoms with Gasteiger partial charge in [-0.3, -0.25) is 0 Å². The largest absolute Gasteiger partial charge is 0.480 e. The summed E-state index contributed by atoms with van der Waals surface area (Å²) >= 11 is 0. The van der Waals surface area contributed by atoms with Crippen molar-refractivity contribution in [3.05, 3.63) is 12.7 Å². The zero-order valence-corrected chi connectivity index (χ0v) is 10.8. The summed E-state index contributed by atoms with van der Waals surface area (Å²) in [4.78, 5) is 22.2. The number of ether oxygens (including phenoxy) is 1. The first kappa shape index (κ1) is 16.4. The van der Waals surface area contributed by atoms with Crippen molar-refractivity contribution in [3.63, 3.8) is 0 Å². The molecular weight excluding hydrogens is 236 g/mol. The molecule has 18 heavy (non-hydrogen) atoms. The Bertz CT molecular complexity index is 269. The van der Waals surface area contributed by atoms with Crippen LogP contribution in [0.5, 0.6) is 0 Å². The van der Waals surface area contributed by atoms with Crippen molar-refractivity contribution in [2.75, 3.05) is 19.8 Å². The zero-order chi connectivity index (χ0) is 13.8. The Hall–Kier alpha value is -1.56. The Morgan fingerprint density at radius 2 is 2.17 bits per heavy atom. The van der Waals surface area contributed by atoms with Gasteiger partial charge in [0.05, 0.1) is 13.2 Å². The fraction of sp³-hybridized carbons (Fsp3) is 0.667. The van der Waals surface area contributed by atoms with Crippen molar-refractivity contribution in [1.29, 1.82) is 0 Å². The van der Waals surface area contributed by atoms with E-state index in [-0.39, 0.29) is 0 Å². The summed E-state index contributed by atoms with van der Waals surface area (Å²) < 4.78 is 5.19. The van der Waals surface area contributed by atoms with Crippen LogP contribution in [0.25, 0.3) is 0 Å². The van der Waals surface area contributed by atoms with E-state index in [9.17, 15) is 9.59 Å². The van der Waals surface area contributed by atoms with Gasteiger partial charge < -0.3 is 20.5 Å². The number of aliphatic carboxylic acids is 1. The number of carbonyl (C=O) groups is 2. The predicted molar refractivity (Wildman–Crippen MR) is 68.5 cm³/mol. The number of carbonyl (C=O) groups excluding carboxylic acids is 1. The lowest BCUT2D eigenvalue weighted by Gasteiger charge is -2.14. The van der Waals surface area contributed by atoms with Gasteiger partial charge in [-0.2, -0.15) is 0 Å². The number of amides is 2. The van der Waals surface area contributed by atoms with Gasteiger partial charge in [-0.25, -0.2) is 9.59 Å². The Morgan fingerprint density at radius 3 is 2.72 bits per heavy atom. The van der Waals surface area contributed by atoms with Gasteiger partial charge >= 0.3 is 12.0 Å². The molecule has 0 bridgehead atoms. The molecule has 0 aliphatic rings. The molecule has 6 heteroatoms. The van der Waals surface area contributed by atoms with Crippen LogP contribution in [-0.4, -0.2) is 42.9 Å². The summed E-state index contributed by atoms with van der Waals surface area (Å²) in [6.07, 6.45) is 3.63. The molecule has 0 radical (unpaired) electrons. The third-order valence-corrected chi connectivity index (χ3v) is 2.18. The quantitative estimate of drug-likeness (QED) is 0.405. The summed E-state index contributed by atoms with van der Waals surface area (Å²) in [5.74, 6) is -1.02. The van der Waals surface area contributed by atoms with Gasteiger partial charge in [0.1, 0.15) is 6.04 Å². The first-order chi connectivity index (χ1) is 8.61. The van der Waals surface area contributed by atoms with Crippen LogP contribution in [-0.2, 0) is 9.53 Å². The fourth-order valence-corrected chi connectivity index (χ4v) is 1.26. The third kappa shape index (κ3) is 8.58. The number of carboxylic acids is 1. The van der Waals surface area contributed by atoms with Crippen LogP contribution in [0, 0.1) is 0 Å². The second-order valence-electron chi connectivity index (χ2n) is 3.77. The second kappa shape index (κ2) is 10.6. The maximum absolute atomic E-state index is 11.4. The van der Waals surface area contributed by atoms with Gasteiger partial charge in [0.25, 0.3) is 0 Å². The van der Waals surface area contributed by atoms with E-state index in [2.05, 4.69) is 17.2 Å². The van der Waals surface area contributed by atoms with Crippen molar-refractivity contribution >= 4 is 12.0 Å². The van der Waals surface area contributed by atoms with E-state index in [1.165, 1.54) is 0 Å². The summed E-state index contributed by atoms with van der Waals surface area (Å²) in [5.41, 5.74) is 0. The molecular formula is C12H22N2O4. The van der Waals surface area contributed by atoms with Gasteiger partial charge in [-0.1, -0.05) is 19.4 Å². The van der Waals surface area contributed by atoms with Gasteiger partial charge in [-0.15, -0.1) is 6.58 Å². The summed E-state index contributed by atoms with van der Waals surface area (Å²) in [7, 11) is 0. The van der Waals surface area contributed by atoms with E-state index in [0.717, 1.165) is 6.42 Å². The Morgan fingerprint density at radius 1 is 1.44 bits per heavy atom. The number of carboxylic acid groups (broad SMARTS) is 1. The van der Waals surface area contributed by atoms with Crippen molar-refractivity contribution in [2.24, 2.45) is 0 Å². The third-order valence-electron chi connectivity index (χ3n) is 2.18. The molecule has 0 unspecified atom stereocenters. The lowest BCUT2D eigenvalue weighted by Crippen LogP contribution is -2.46. The Kier molecular flexibility index (Phi) is 9.67. The molecule has 0 aromatic heterocycles. The minimum absolute atomic E-state index is 0.349. The average molecular weight is 258 g/mol. The monoisotopic (exact) mass is 258 g/mol. The molecule has 6 nitrogen and oxygen atoms in total. The molecule has 2 amide bonds. The van der Waals surface area contributed by atoms with Crippen LogP contribution >= 0.6 is 0 Å². The van der Waals surface area contributed by atoms with Crippen LogP contribution < -0.4 is 10.6 Å². The smallest absolute Gasteiger partial charge is 0.326 e. The zero-order valence-electron chi connectivity index (χ0n) is 10.8. The lowest BCUT2D eigenvalue weighted by molar-refractivity contribution is -0.139. The Labute approximate surface area is 107 Å². The minimum Gasteiger partial charge on any atom is -0.480 e. The molecule has 0 fully saturated rings. The number of nitrogens with one attached hydrogen (secondary N) is 2. The first-order valence-electron chi connectivity index (χ1n) is 6.07. The van der Waals surface area contributed by atoms with Crippen molar-refractivity contribution in [2.45, 2.75) is 32.2 Å². The van der Waals surface area contributed by atoms with Gasteiger partial charge in [0.2, 0.25) is 0 Å². The van der Waals surface area contributed by atoms with Crippen molar-refractivity contribution in [3.8, 4) is 0 Å². The van der Waals surface area contributed by atoms with Crippen LogP contribution in [0.15, 0.2) is 12.7 Å². The fourth-order valence-electron chi connectivity index (χ4n) is 1.26. The van der Waals surface area contributed by atoms with Crippen molar-refractivity contribution < 1.29 is 19.4 Å². The van der Waals surface area contributed by atoms with Gasteiger partial charge in [-0.05, 0) is 12.8 Å². The minimum atomic E-state index is -1.02. The van der Waals surface area contributed by atoms with Crippen LogP contribution in [0.4, 0.5) is 4.79 Å². The predicted octanol–water partition coefficient (Wildman–Crippen LogP) is 1.13. The van der Waals surface area contributed by atoms with E-state index >= 15 is 0 Å². The molecule has 0 saturated heterocycles. The standard InChI is InChI=1S/C12H22N2O4/c1-3-5-8-18-9-7-13-12(17)14-10(6-4-2)11(15)16/h3,10H,1,4-9H2,2H3,(H,15,16)(H2,13,14,17)/t10-/m1/s1.